The summed E-state index contributed by atoms with van der Waals surface area (Å²) < 4.78 is 13.2. The molecule has 0 spiro atoms. The van der Waals surface area contributed by atoms with Crippen molar-refractivity contribution >= 4 is 12.0 Å². The number of halogens is 1. The van der Waals surface area contributed by atoms with Gasteiger partial charge in [0.1, 0.15) is 11.9 Å². The van der Waals surface area contributed by atoms with E-state index in [0.29, 0.717) is 5.56 Å². The average Bonchev–Trinajstić information content (AvgIpc) is 2.81. The molecule has 1 heterocycles. The van der Waals surface area contributed by atoms with Gasteiger partial charge in [-0.1, -0.05) is 12.1 Å². The third-order valence-corrected chi connectivity index (χ3v) is 3.51. The molecule has 21 heavy (non-hydrogen) atoms. The summed E-state index contributed by atoms with van der Waals surface area (Å²) in [6.07, 6.45) is -0.835. The Hall–Kier alpha value is -2.15. The molecule has 2 rings (SSSR count). The average molecular weight is 296 g/mol. The van der Waals surface area contributed by atoms with Gasteiger partial charge in [-0.15, -0.1) is 0 Å². The van der Waals surface area contributed by atoms with Gasteiger partial charge in [-0.05, 0) is 24.6 Å². The Morgan fingerprint density at radius 2 is 2.19 bits per heavy atom. The van der Waals surface area contributed by atoms with Crippen LogP contribution in [0, 0.1) is 5.82 Å². The number of carbonyl (C=O) groups is 2. The highest BCUT2D eigenvalue weighted by atomic mass is 19.1. The molecule has 0 aromatic heterocycles. The van der Waals surface area contributed by atoms with Crippen molar-refractivity contribution < 1.29 is 24.2 Å². The standard InChI is InChI=1S/C14H17FN2O4/c1-8(9-3-2-4-10(15)5-9)16-14(21)17-7-11(18)6-12(17)13(19)20/h2-5,8,11-12,18H,6-7H2,1H3,(H,16,21)(H,19,20)/t8?,11-,12-/m0/s1. The van der Waals surface area contributed by atoms with E-state index in [9.17, 15) is 19.1 Å². The Bertz CT molecular complexity index is 552. The number of urea groups is 1. The van der Waals surface area contributed by atoms with E-state index in [1.54, 1.807) is 13.0 Å². The summed E-state index contributed by atoms with van der Waals surface area (Å²) in [5.41, 5.74) is 0.579. The Morgan fingerprint density at radius 3 is 2.81 bits per heavy atom. The first kappa shape index (κ1) is 15.2. The minimum absolute atomic E-state index is 0.0110. The number of aliphatic carboxylic acids is 1. The molecule has 3 atom stereocenters. The van der Waals surface area contributed by atoms with Crippen LogP contribution in [0.5, 0.6) is 0 Å². The molecule has 1 fully saturated rings. The lowest BCUT2D eigenvalue weighted by Crippen LogP contribution is -2.46. The molecular formula is C14H17FN2O4. The molecule has 0 radical (unpaired) electrons. The van der Waals surface area contributed by atoms with Crippen LogP contribution in [-0.4, -0.2) is 45.8 Å². The molecule has 1 aliphatic rings. The largest absolute Gasteiger partial charge is 0.480 e. The van der Waals surface area contributed by atoms with Crippen molar-refractivity contribution in [3.8, 4) is 0 Å². The normalized spacial score (nSPS) is 22.9. The first-order valence-electron chi connectivity index (χ1n) is 6.62. The minimum atomic E-state index is -1.15. The molecule has 6 nitrogen and oxygen atoms in total. The zero-order valence-electron chi connectivity index (χ0n) is 11.5. The Kier molecular flexibility index (Phi) is 4.42. The molecule has 1 saturated heterocycles. The van der Waals surface area contributed by atoms with Crippen molar-refractivity contribution in [2.45, 2.75) is 31.5 Å². The number of likely N-dealkylation sites (tertiary alicyclic amines) is 1. The third-order valence-electron chi connectivity index (χ3n) is 3.51. The number of carboxylic acids is 1. The van der Waals surface area contributed by atoms with E-state index >= 15 is 0 Å². The van der Waals surface area contributed by atoms with E-state index < -0.39 is 36.0 Å². The number of β-amino-alcohol motifs (C(OH)–C–C–N with tert-alkyl or cyclic N) is 1. The van der Waals surface area contributed by atoms with Crippen LogP contribution in [0.4, 0.5) is 9.18 Å². The Morgan fingerprint density at radius 1 is 1.48 bits per heavy atom. The maximum absolute atomic E-state index is 13.2. The van der Waals surface area contributed by atoms with Crippen LogP contribution < -0.4 is 5.32 Å². The number of hydrogen-bond acceptors (Lipinski definition) is 3. The van der Waals surface area contributed by atoms with Crippen LogP contribution in [0.3, 0.4) is 0 Å². The third kappa shape index (κ3) is 3.49. The molecule has 1 aromatic carbocycles. The highest BCUT2D eigenvalue weighted by molar-refractivity contribution is 5.83. The monoisotopic (exact) mass is 296 g/mol. The van der Waals surface area contributed by atoms with Crippen LogP contribution >= 0.6 is 0 Å². The summed E-state index contributed by atoms with van der Waals surface area (Å²) in [6.45, 7) is 1.65. The van der Waals surface area contributed by atoms with Crippen LogP contribution in [0.15, 0.2) is 24.3 Å². The molecule has 114 valence electrons. The Balaban J connectivity index is 2.05. The summed E-state index contributed by atoms with van der Waals surface area (Å²) in [5, 5.41) is 21.2. The van der Waals surface area contributed by atoms with E-state index in [-0.39, 0.29) is 13.0 Å². The van der Waals surface area contributed by atoms with Crippen LogP contribution in [0.25, 0.3) is 0 Å². The Labute approximate surface area is 121 Å². The molecule has 2 amide bonds. The number of aliphatic hydroxyl groups is 1. The lowest BCUT2D eigenvalue weighted by Gasteiger charge is -2.24. The van der Waals surface area contributed by atoms with Gasteiger partial charge in [-0.3, -0.25) is 0 Å². The first-order valence-corrected chi connectivity index (χ1v) is 6.62. The second-order valence-electron chi connectivity index (χ2n) is 5.12. The van der Waals surface area contributed by atoms with Gasteiger partial charge in [-0.25, -0.2) is 14.0 Å². The number of rotatable bonds is 3. The number of hydrogen-bond donors (Lipinski definition) is 3. The molecule has 1 aliphatic heterocycles. The van der Waals surface area contributed by atoms with Crippen molar-refractivity contribution in [2.75, 3.05) is 6.54 Å². The van der Waals surface area contributed by atoms with E-state index in [1.807, 2.05) is 0 Å². The summed E-state index contributed by atoms with van der Waals surface area (Å²) in [4.78, 5) is 24.3. The predicted molar refractivity (Wildman–Crippen MR) is 72.1 cm³/mol. The highest BCUT2D eigenvalue weighted by Gasteiger charge is 2.39. The summed E-state index contributed by atoms with van der Waals surface area (Å²) in [6, 6.07) is 3.71. The molecule has 7 heteroatoms. The number of carboxylic acid groups (broad SMARTS) is 1. The summed E-state index contributed by atoms with van der Waals surface area (Å²) in [7, 11) is 0. The van der Waals surface area contributed by atoms with Gasteiger partial charge in [0.2, 0.25) is 0 Å². The number of amides is 2. The van der Waals surface area contributed by atoms with Crippen molar-refractivity contribution in [3.63, 3.8) is 0 Å². The van der Waals surface area contributed by atoms with E-state index in [0.717, 1.165) is 4.90 Å². The van der Waals surface area contributed by atoms with E-state index in [4.69, 9.17) is 5.11 Å². The first-order chi connectivity index (χ1) is 9.88. The van der Waals surface area contributed by atoms with Crippen LogP contribution in [0.1, 0.15) is 24.9 Å². The van der Waals surface area contributed by atoms with Gasteiger partial charge < -0.3 is 20.4 Å². The van der Waals surface area contributed by atoms with Crippen LogP contribution in [0.2, 0.25) is 0 Å². The predicted octanol–water partition coefficient (Wildman–Crippen LogP) is 1.12. The molecular weight excluding hydrogens is 279 g/mol. The van der Waals surface area contributed by atoms with Gasteiger partial charge in [0, 0.05) is 13.0 Å². The maximum Gasteiger partial charge on any atom is 0.326 e. The summed E-state index contributed by atoms with van der Waals surface area (Å²) in [5.74, 6) is -1.56. The number of benzene rings is 1. The van der Waals surface area contributed by atoms with Crippen molar-refractivity contribution in [3.05, 3.63) is 35.6 Å². The molecule has 0 bridgehead atoms. The van der Waals surface area contributed by atoms with Gasteiger partial charge in [0.05, 0.1) is 12.1 Å². The second kappa shape index (κ2) is 6.09. The minimum Gasteiger partial charge on any atom is -0.480 e. The fraction of sp³-hybridized carbons (Fsp3) is 0.429. The fourth-order valence-corrected chi connectivity index (χ4v) is 2.40. The number of aliphatic hydroxyl groups excluding tert-OH is 1. The molecule has 1 aromatic rings. The molecule has 1 unspecified atom stereocenters. The topological polar surface area (TPSA) is 89.9 Å². The molecule has 0 saturated carbocycles. The van der Waals surface area contributed by atoms with Gasteiger partial charge in [0.15, 0.2) is 0 Å². The van der Waals surface area contributed by atoms with Crippen LogP contribution in [-0.2, 0) is 4.79 Å². The lowest BCUT2D eigenvalue weighted by atomic mass is 10.1. The van der Waals surface area contributed by atoms with E-state index in [1.165, 1.54) is 18.2 Å². The SMILES string of the molecule is CC(NC(=O)N1C[C@@H](O)C[C@H]1C(=O)O)c1cccc(F)c1. The van der Waals surface area contributed by atoms with Crippen molar-refractivity contribution in [2.24, 2.45) is 0 Å². The second-order valence-corrected chi connectivity index (χ2v) is 5.12. The number of carbonyl (C=O) groups excluding carboxylic acids is 1. The lowest BCUT2D eigenvalue weighted by molar-refractivity contribution is -0.141. The van der Waals surface area contributed by atoms with E-state index in [2.05, 4.69) is 5.32 Å². The summed E-state index contributed by atoms with van der Waals surface area (Å²) >= 11 is 0. The quantitative estimate of drug-likeness (QED) is 0.779. The number of nitrogens with one attached hydrogen (secondary N) is 1. The highest BCUT2D eigenvalue weighted by Crippen LogP contribution is 2.20. The molecule has 3 N–H and O–H groups in total. The number of nitrogens with zero attached hydrogens (tertiary/aromatic N) is 1. The zero-order chi connectivity index (χ0) is 15.6. The van der Waals surface area contributed by atoms with Crippen molar-refractivity contribution in [1.29, 1.82) is 0 Å². The smallest absolute Gasteiger partial charge is 0.326 e. The zero-order valence-corrected chi connectivity index (χ0v) is 11.5. The van der Waals surface area contributed by atoms with Gasteiger partial charge in [0.25, 0.3) is 0 Å². The van der Waals surface area contributed by atoms with Crippen molar-refractivity contribution in [1.82, 2.24) is 10.2 Å². The van der Waals surface area contributed by atoms with Gasteiger partial charge >= 0.3 is 12.0 Å². The van der Waals surface area contributed by atoms with Gasteiger partial charge in [-0.2, -0.15) is 0 Å². The molecule has 0 aliphatic carbocycles. The fourth-order valence-electron chi connectivity index (χ4n) is 2.40. The maximum atomic E-state index is 13.2.